The number of primary amides is 1. The van der Waals surface area contributed by atoms with Gasteiger partial charge in [0.05, 0.1) is 6.61 Å². The van der Waals surface area contributed by atoms with Gasteiger partial charge >= 0.3 is 6.18 Å². The standard InChI is InChI=1S/C11H13F3N2O2/c1-6(2)5-18-10-7(9(15)17)3-4-8(16-10)11(12,13)14/h3-4,6H,5H2,1-2H3,(H2,15,17). The number of alkyl halides is 3. The van der Waals surface area contributed by atoms with Crippen molar-refractivity contribution in [3.8, 4) is 5.88 Å². The van der Waals surface area contributed by atoms with Gasteiger partial charge in [-0.1, -0.05) is 13.8 Å². The number of carbonyl (C=O) groups excluding carboxylic acids is 1. The third-order valence-corrected chi connectivity index (χ3v) is 1.97. The van der Waals surface area contributed by atoms with E-state index in [4.69, 9.17) is 10.5 Å². The summed E-state index contributed by atoms with van der Waals surface area (Å²) in [4.78, 5) is 14.3. The third kappa shape index (κ3) is 3.61. The van der Waals surface area contributed by atoms with Gasteiger partial charge in [0.25, 0.3) is 5.91 Å². The van der Waals surface area contributed by atoms with Crippen molar-refractivity contribution in [3.05, 3.63) is 23.4 Å². The van der Waals surface area contributed by atoms with E-state index in [1.165, 1.54) is 0 Å². The van der Waals surface area contributed by atoms with E-state index in [1.54, 1.807) is 0 Å². The second kappa shape index (κ2) is 5.24. The number of nitrogens with zero attached hydrogens (tertiary/aromatic N) is 1. The molecule has 0 unspecified atom stereocenters. The van der Waals surface area contributed by atoms with Crippen LogP contribution in [0.1, 0.15) is 29.9 Å². The highest BCUT2D eigenvalue weighted by molar-refractivity contribution is 5.95. The van der Waals surface area contributed by atoms with Gasteiger partial charge in [0.15, 0.2) is 0 Å². The van der Waals surface area contributed by atoms with E-state index in [1.807, 2.05) is 13.8 Å². The number of rotatable bonds is 4. The predicted molar refractivity (Wildman–Crippen MR) is 58.1 cm³/mol. The molecule has 4 nitrogen and oxygen atoms in total. The summed E-state index contributed by atoms with van der Waals surface area (Å²) in [6, 6.07) is 1.66. The first-order valence-corrected chi connectivity index (χ1v) is 5.22. The zero-order valence-electron chi connectivity index (χ0n) is 9.91. The number of amides is 1. The van der Waals surface area contributed by atoms with Crippen LogP contribution in [-0.2, 0) is 6.18 Å². The fourth-order valence-corrected chi connectivity index (χ4v) is 1.14. The number of ether oxygens (including phenoxy) is 1. The normalized spacial score (nSPS) is 11.7. The monoisotopic (exact) mass is 262 g/mol. The third-order valence-electron chi connectivity index (χ3n) is 1.97. The molecule has 0 saturated heterocycles. The molecule has 1 aromatic heterocycles. The van der Waals surface area contributed by atoms with Crippen LogP contribution in [0.25, 0.3) is 0 Å². The maximum Gasteiger partial charge on any atom is 0.433 e. The number of aromatic nitrogens is 1. The molecule has 7 heteroatoms. The van der Waals surface area contributed by atoms with Crippen LogP contribution in [0.4, 0.5) is 13.2 Å². The van der Waals surface area contributed by atoms with Gasteiger partial charge < -0.3 is 10.5 Å². The maximum absolute atomic E-state index is 12.5. The first-order valence-electron chi connectivity index (χ1n) is 5.22. The quantitative estimate of drug-likeness (QED) is 0.904. The molecule has 1 amide bonds. The summed E-state index contributed by atoms with van der Waals surface area (Å²) in [5, 5.41) is 0. The molecular formula is C11H13F3N2O2. The number of halogens is 3. The highest BCUT2D eigenvalue weighted by atomic mass is 19.4. The molecule has 0 aliphatic rings. The van der Waals surface area contributed by atoms with Crippen molar-refractivity contribution in [1.29, 1.82) is 0 Å². The summed E-state index contributed by atoms with van der Waals surface area (Å²) in [7, 11) is 0. The van der Waals surface area contributed by atoms with Crippen LogP contribution in [0.2, 0.25) is 0 Å². The predicted octanol–water partition coefficient (Wildman–Crippen LogP) is 2.23. The van der Waals surface area contributed by atoms with Crippen molar-refractivity contribution in [2.75, 3.05) is 6.61 Å². The van der Waals surface area contributed by atoms with E-state index in [2.05, 4.69) is 4.98 Å². The highest BCUT2D eigenvalue weighted by Crippen LogP contribution is 2.30. The lowest BCUT2D eigenvalue weighted by Gasteiger charge is -2.13. The zero-order valence-corrected chi connectivity index (χ0v) is 9.91. The van der Waals surface area contributed by atoms with Gasteiger partial charge in [0.1, 0.15) is 11.3 Å². The molecule has 0 spiro atoms. The minimum atomic E-state index is -4.59. The molecule has 0 fully saturated rings. The van der Waals surface area contributed by atoms with Crippen molar-refractivity contribution in [1.82, 2.24) is 4.98 Å². The van der Waals surface area contributed by atoms with Gasteiger partial charge in [-0.3, -0.25) is 4.79 Å². The lowest BCUT2D eigenvalue weighted by Crippen LogP contribution is -2.18. The van der Waals surface area contributed by atoms with Gasteiger partial charge in [0, 0.05) is 0 Å². The number of nitrogens with two attached hydrogens (primary N) is 1. The smallest absolute Gasteiger partial charge is 0.433 e. The van der Waals surface area contributed by atoms with Gasteiger partial charge in [-0.15, -0.1) is 0 Å². The van der Waals surface area contributed by atoms with E-state index < -0.39 is 17.8 Å². The lowest BCUT2D eigenvalue weighted by atomic mass is 10.2. The summed E-state index contributed by atoms with van der Waals surface area (Å²) in [6.07, 6.45) is -4.59. The molecule has 2 N–H and O–H groups in total. The summed E-state index contributed by atoms with van der Waals surface area (Å²) >= 11 is 0. The Morgan fingerprint density at radius 1 is 1.44 bits per heavy atom. The fourth-order valence-electron chi connectivity index (χ4n) is 1.14. The maximum atomic E-state index is 12.5. The summed E-state index contributed by atoms with van der Waals surface area (Å²) in [5.74, 6) is -1.18. The molecule has 0 atom stereocenters. The average Bonchev–Trinajstić information content (AvgIpc) is 2.24. The molecule has 1 rings (SSSR count). The summed E-state index contributed by atoms with van der Waals surface area (Å²) in [5.41, 5.74) is 3.76. The Balaban J connectivity index is 3.12. The van der Waals surface area contributed by atoms with E-state index >= 15 is 0 Å². The molecule has 0 bridgehead atoms. The Kier molecular flexibility index (Phi) is 4.15. The zero-order chi connectivity index (χ0) is 13.9. The number of hydrogen-bond donors (Lipinski definition) is 1. The topological polar surface area (TPSA) is 65.2 Å². The van der Waals surface area contributed by atoms with E-state index in [0.717, 1.165) is 6.07 Å². The molecule has 0 saturated carbocycles. The Morgan fingerprint density at radius 3 is 2.50 bits per heavy atom. The molecule has 100 valence electrons. The number of hydrogen-bond acceptors (Lipinski definition) is 3. The van der Waals surface area contributed by atoms with Crippen molar-refractivity contribution in [3.63, 3.8) is 0 Å². The Hall–Kier alpha value is -1.79. The minimum absolute atomic E-state index is 0.0852. The summed E-state index contributed by atoms with van der Waals surface area (Å²) < 4.78 is 42.5. The van der Waals surface area contributed by atoms with Gasteiger partial charge in [0.2, 0.25) is 5.88 Å². The average molecular weight is 262 g/mol. The van der Waals surface area contributed by atoms with Gasteiger partial charge in [-0.2, -0.15) is 13.2 Å². The van der Waals surface area contributed by atoms with Gasteiger partial charge in [-0.25, -0.2) is 4.98 Å². The van der Waals surface area contributed by atoms with Crippen molar-refractivity contribution >= 4 is 5.91 Å². The SMILES string of the molecule is CC(C)COc1nc(C(F)(F)F)ccc1C(N)=O. The molecule has 0 radical (unpaired) electrons. The van der Waals surface area contributed by atoms with Crippen molar-refractivity contribution in [2.45, 2.75) is 20.0 Å². The Morgan fingerprint density at radius 2 is 2.06 bits per heavy atom. The second-order valence-electron chi connectivity index (χ2n) is 4.12. The van der Waals surface area contributed by atoms with Crippen LogP contribution in [0.15, 0.2) is 12.1 Å². The molecule has 1 heterocycles. The molecule has 0 aliphatic carbocycles. The lowest BCUT2D eigenvalue weighted by molar-refractivity contribution is -0.141. The van der Waals surface area contributed by atoms with Crippen LogP contribution in [0.5, 0.6) is 5.88 Å². The molecule has 0 aliphatic heterocycles. The van der Waals surface area contributed by atoms with Crippen LogP contribution in [-0.4, -0.2) is 17.5 Å². The van der Waals surface area contributed by atoms with Crippen LogP contribution in [0.3, 0.4) is 0 Å². The fraction of sp³-hybridized carbons (Fsp3) is 0.455. The first kappa shape index (κ1) is 14.3. The van der Waals surface area contributed by atoms with Crippen molar-refractivity contribution < 1.29 is 22.7 Å². The Bertz CT molecular complexity index is 444. The number of pyridine rings is 1. The van der Waals surface area contributed by atoms with E-state index in [0.29, 0.717) is 6.07 Å². The Labute approximate surface area is 102 Å². The van der Waals surface area contributed by atoms with Crippen LogP contribution >= 0.6 is 0 Å². The van der Waals surface area contributed by atoms with Gasteiger partial charge in [-0.05, 0) is 18.1 Å². The first-order chi connectivity index (χ1) is 8.21. The second-order valence-corrected chi connectivity index (χ2v) is 4.12. The van der Waals surface area contributed by atoms with Crippen molar-refractivity contribution in [2.24, 2.45) is 11.7 Å². The molecule has 0 aromatic carbocycles. The largest absolute Gasteiger partial charge is 0.477 e. The minimum Gasteiger partial charge on any atom is -0.477 e. The molecular weight excluding hydrogens is 249 g/mol. The summed E-state index contributed by atoms with van der Waals surface area (Å²) in [6.45, 7) is 3.78. The molecule has 18 heavy (non-hydrogen) atoms. The van der Waals surface area contributed by atoms with E-state index in [9.17, 15) is 18.0 Å². The highest BCUT2D eigenvalue weighted by Gasteiger charge is 2.33. The van der Waals surface area contributed by atoms with Crippen LogP contribution < -0.4 is 10.5 Å². The van der Waals surface area contributed by atoms with Crippen LogP contribution in [0, 0.1) is 5.92 Å². The molecule has 1 aromatic rings. The van der Waals surface area contributed by atoms with E-state index in [-0.39, 0.29) is 24.0 Å². The number of carbonyl (C=O) groups is 1.